The molecule has 0 bridgehead atoms. The lowest BCUT2D eigenvalue weighted by atomic mass is 10.5. The van der Waals surface area contributed by atoms with Gasteiger partial charge >= 0.3 is 0 Å². The first-order chi connectivity index (χ1) is 5.08. The molecule has 1 fully saturated rings. The largest absolute Gasteiger partial charge is 0.328 e. The van der Waals surface area contributed by atoms with Gasteiger partial charge in [0.25, 0.3) is 0 Å². The fourth-order valence-electron chi connectivity index (χ4n) is 1.10. The number of rotatable bonds is 3. The minimum Gasteiger partial charge on any atom is -0.328 e. The molecule has 0 aromatic rings. The Morgan fingerprint density at radius 2 is 2.27 bits per heavy atom. The highest BCUT2D eigenvalue weighted by molar-refractivity contribution is 7.60. The standard InChI is InChI=1S/C7H12NO2P/c1-3-10-11(2,9)7(6-8)4-5-7/h3-5H2,1-2H3/t11-/m0/s1. The molecule has 1 rings (SSSR count). The Hall–Kier alpha value is -0.320. The molecular formula is C7H12NO2P. The summed E-state index contributed by atoms with van der Waals surface area (Å²) in [6.07, 6.45) is 1.47. The third-order valence-electron chi connectivity index (χ3n) is 2.08. The summed E-state index contributed by atoms with van der Waals surface area (Å²) in [5.74, 6) is 0. The van der Waals surface area contributed by atoms with Gasteiger partial charge in [-0.1, -0.05) is 0 Å². The van der Waals surface area contributed by atoms with Crippen molar-refractivity contribution in [1.82, 2.24) is 0 Å². The van der Waals surface area contributed by atoms with Gasteiger partial charge in [0.15, 0.2) is 0 Å². The van der Waals surface area contributed by atoms with Gasteiger partial charge in [-0.2, -0.15) is 5.26 Å². The van der Waals surface area contributed by atoms with Crippen LogP contribution in [-0.2, 0) is 9.09 Å². The number of hydrogen-bond acceptors (Lipinski definition) is 3. The van der Waals surface area contributed by atoms with E-state index in [2.05, 4.69) is 6.07 Å². The molecule has 0 unspecified atom stereocenters. The van der Waals surface area contributed by atoms with E-state index >= 15 is 0 Å². The molecule has 1 atom stereocenters. The molecule has 0 N–H and O–H groups in total. The quantitative estimate of drug-likeness (QED) is 0.613. The first-order valence-electron chi connectivity index (χ1n) is 3.71. The fraction of sp³-hybridized carbons (Fsp3) is 0.857. The molecule has 3 nitrogen and oxygen atoms in total. The van der Waals surface area contributed by atoms with Crippen molar-refractivity contribution in [2.24, 2.45) is 0 Å². The highest BCUT2D eigenvalue weighted by Gasteiger charge is 2.56. The van der Waals surface area contributed by atoms with E-state index in [4.69, 9.17) is 9.79 Å². The van der Waals surface area contributed by atoms with E-state index in [9.17, 15) is 4.57 Å². The molecule has 0 aliphatic heterocycles. The summed E-state index contributed by atoms with van der Waals surface area (Å²) < 4.78 is 16.8. The predicted molar refractivity (Wildman–Crippen MR) is 42.7 cm³/mol. The second-order valence-electron chi connectivity index (χ2n) is 2.91. The van der Waals surface area contributed by atoms with Crippen LogP contribution in [0.3, 0.4) is 0 Å². The van der Waals surface area contributed by atoms with Crippen molar-refractivity contribution in [3.8, 4) is 6.07 Å². The first kappa shape index (κ1) is 8.77. The molecule has 0 aromatic heterocycles. The summed E-state index contributed by atoms with van der Waals surface area (Å²) in [7, 11) is -2.65. The maximum atomic E-state index is 11.7. The third-order valence-corrected chi connectivity index (χ3v) is 4.94. The van der Waals surface area contributed by atoms with E-state index in [1.54, 1.807) is 13.6 Å². The molecule has 4 heteroatoms. The molecule has 62 valence electrons. The highest BCUT2D eigenvalue weighted by atomic mass is 31.2. The highest BCUT2D eigenvalue weighted by Crippen LogP contribution is 2.67. The molecule has 11 heavy (non-hydrogen) atoms. The van der Waals surface area contributed by atoms with Gasteiger partial charge in [0, 0.05) is 6.66 Å². The third kappa shape index (κ3) is 1.34. The molecule has 0 aromatic carbocycles. The van der Waals surface area contributed by atoms with Gasteiger partial charge in [-0.15, -0.1) is 0 Å². The van der Waals surface area contributed by atoms with Crippen molar-refractivity contribution in [3.05, 3.63) is 0 Å². The Morgan fingerprint density at radius 1 is 1.73 bits per heavy atom. The van der Waals surface area contributed by atoms with Crippen molar-refractivity contribution in [2.45, 2.75) is 24.9 Å². The Bertz CT molecular complexity index is 239. The van der Waals surface area contributed by atoms with Crippen LogP contribution in [0, 0.1) is 11.3 Å². The summed E-state index contributed by atoms with van der Waals surface area (Å²) in [6.45, 7) is 3.79. The number of nitriles is 1. The average molecular weight is 173 g/mol. The molecule has 1 aliphatic rings. The van der Waals surface area contributed by atoms with Crippen LogP contribution < -0.4 is 0 Å². The van der Waals surface area contributed by atoms with E-state index in [0.717, 1.165) is 12.8 Å². The molecule has 0 radical (unpaired) electrons. The van der Waals surface area contributed by atoms with E-state index in [1.807, 2.05) is 0 Å². The normalized spacial score (nSPS) is 25.2. The maximum absolute atomic E-state index is 11.7. The van der Waals surface area contributed by atoms with Gasteiger partial charge in [-0.05, 0) is 19.8 Å². The lowest BCUT2D eigenvalue weighted by molar-refractivity contribution is 0.332. The van der Waals surface area contributed by atoms with Crippen LogP contribution in [0.1, 0.15) is 19.8 Å². The van der Waals surface area contributed by atoms with Gasteiger partial charge in [0.05, 0.1) is 12.7 Å². The fourth-order valence-corrected chi connectivity index (χ4v) is 2.94. The van der Waals surface area contributed by atoms with Crippen LogP contribution in [0.2, 0.25) is 0 Å². The zero-order chi connectivity index (χ0) is 8.54. The van der Waals surface area contributed by atoms with Crippen molar-refractivity contribution in [3.63, 3.8) is 0 Å². The predicted octanol–water partition coefficient (Wildman–Crippen LogP) is 1.99. The Labute approximate surface area is 66.8 Å². The first-order valence-corrected chi connectivity index (χ1v) is 5.78. The van der Waals surface area contributed by atoms with Crippen molar-refractivity contribution < 1.29 is 9.09 Å². The van der Waals surface area contributed by atoms with Gasteiger partial charge in [-0.3, -0.25) is 4.57 Å². The SMILES string of the molecule is CCO[P@](C)(=O)C1(C#N)CC1. The average Bonchev–Trinajstić information content (AvgIpc) is 2.66. The molecule has 1 saturated carbocycles. The molecule has 0 saturated heterocycles. The lowest BCUT2D eigenvalue weighted by Gasteiger charge is -2.16. The minimum atomic E-state index is -2.65. The molecule has 1 aliphatic carbocycles. The Morgan fingerprint density at radius 3 is 2.55 bits per heavy atom. The van der Waals surface area contributed by atoms with E-state index in [-0.39, 0.29) is 0 Å². The van der Waals surface area contributed by atoms with Gasteiger partial charge < -0.3 is 4.52 Å². The smallest absolute Gasteiger partial charge is 0.219 e. The van der Waals surface area contributed by atoms with E-state index in [1.165, 1.54) is 0 Å². The topological polar surface area (TPSA) is 50.1 Å². The zero-order valence-electron chi connectivity index (χ0n) is 6.83. The maximum Gasteiger partial charge on any atom is 0.219 e. The lowest BCUT2D eigenvalue weighted by Crippen LogP contribution is -2.07. The van der Waals surface area contributed by atoms with Crippen LogP contribution in [0.5, 0.6) is 0 Å². The van der Waals surface area contributed by atoms with E-state index in [0.29, 0.717) is 6.61 Å². The molecule has 0 heterocycles. The van der Waals surface area contributed by atoms with Crippen LogP contribution in [-0.4, -0.2) is 18.4 Å². The number of nitrogens with zero attached hydrogens (tertiary/aromatic N) is 1. The summed E-state index contributed by atoms with van der Waals surface area (Å²) in [6, 6.07) is 2.09. The summed E-state index contributed by atoms with van der Waals surface area (Å²) in [5.41, 5.74) is 0. The molecule has 0 amide bonds. The second-order valence-corrected chi connectivity index (χ2v) is 5.71. The zero-order valence-corrected chi connectivity index (χ0v) is 7.73. The molecular weight excluding hydrogens is 161 g/mol. The van der Waals surface area contributed by atoms with Crippen molar-refractivity contribution in [2.75, 3.05) is 13.3 Å². The van der Waals surface area contributed by atoms with Crippen LogP contribution in [0.15, 0.2) is 0 Å². The minimum absolute atomic E-state index is 0.428. The van der Waals surface area contributed by atoms with Gasteiger partial charge in [-0.25, -0.2) is 0 Å². The van der Waals surface area contributed by atoms with Gasteiger partial charge in [0.1, 0.15) is 5.16 Å². The van der Waals surface area contributed by atoms with Crippen molar-refractivity contribution in [1.29, 1.82) is 5.26 Å². The van der Waals surface area contributed by atoms with Crippen LogP contribution in [0.25, 0.3) is 0 Å². The van der Waals surface area contributed by atoms with Crippen LogP contribution in [0.4, 0.5) is 0 Å². The van der Waals surface area contributed by atoms with Gasteiger partial charge in [0.2, 0.25) is 7.37 Å². The van der Waals surface area contributed by atoms with Crippen molar-refractivity contribution >= 4 is 7.37 Å². The summed E-state index contributed by atoms with van der Waals surface area (Å²) in [4.78, 5) is 0. The summed E-state index contributed by atoms with van der Waals surface area (Å²) >= 11 is 0. The monoisotopic (exact) mass is 173 g/mol. The molecule has 0 spiro atoms. The number of hydrogen-bond donors (Lipinski definition) is 0. The second kappa shape index (κ2) is 2.62. The summed E-state index contributed by atoms with van der Waals surface area (Å²) in [5, 5.41) is 8.09. The van der Waals surface area contributed by atoms with Crippen LogP contribution >= 0.6 is 7.37 Å². The Kier molecular flexibility index (Phi) is 2.09. The Balaban J connectivity index is 2.74. The van der Waals surface area contributed by atoms with E-state index < -0.39 is 12.5 Å².